The zero-order valence-electron chi connectivity index (χ0n) is 14.6. The monoisotopic (exact) mass is 442 g/mol. The summed E-state index contributed by atoms with van der Waals surface area (Å²) in [5.41, 5.74) is -6.39. The van der Waals surface area contributed by atoms with E-state index in [0.29, 0.717) is 16.8 Å². The van der Waals surface area contributed by atoms with E-state index in [1.807, 2.05) is 4.98 Å². The summed E-state index contributed by atoms with van der Waals surface area (Å²) in [6, 6.07) is 2.07. The quantitative estimate of drug-likeness (QED) is 0.607. The Hall–Kier alpha value is -3.19. The van der Waals surface area contributed by atoms with Crippen molar-refractivity contribution in [3.05, 3.63) is 61.9 Å². The molecular weight excluding hydrogens is 432 g/mol. The molecule has 14 heteroatoms. The molecule has 0 fully saturated rings. The summed E-state index contributed by atoms with van der Waals surface area (Å²) in [6.45, 7) is 1.23. The molecule has 0 aliphatic heterocycles. The summed E-state index contributed by atoms with van der Waals surface area (Å²) in [4.78, 5) is 27.0. The largest absolute Gasteiger partial charge is 0.459 e. The van der Waals surface area contributed by atoms with Gasteiger partial charge in [-0.1, -0.05) is 12.1 Å². The second-order valence-corrected chi connectivity index (χ2v) is 6.29. The van der Waals surface area contributed by atoms with Crippen LogP contribution in [0, 0.1) is 0 Å². The van der Waals surface area contributed by atoms with Gasteiger partial charge in [-0.15, -0.1) is 0 Å². The molecule has 162 valence electrons. The Morgan fingerprint density at radius 1 is 0.933 bits per heavy atom. The van der Waals surface area contributed by atoms with E-state index < -0.39 is 57.9 Å². The third-order valence-electron chi connectivity index (χ3n) is 4.34. The molecule has 0 saturated heterocycles. The van der Waals surface area contributed by atoms with Crippen LogP contribution in [-0.2, 0) is 12.1 Å². The number of benzene rings is 1. The molecule has 2 N–H and O–H groups in total. The van der Waals surface area contributed by atoms with E-state index in [-0.39, 0.29) is 5.56 Å². The Labute approximate surface area is 160 Å². The second kappa shape index (κ2) is 6.67. The lowest BCUT2D eigenvalue weighted by atomic mass is 10.1. The van der Waals surface area contributed by atoms with Crippen molar-refractivity contribution in [2.45, 2.75) is 31.2 Å². The molecule has 3 aromatic rings. The van der Waals surface area contributed by atoms with Gasteiger partial charge in [0.25, 0.3) is 5.56 Å². The highest BCUT2D eigenvalue weighted by atomic mass is 19.4. The first-order chi connectivity index (χ1) is 13.6. The van der Waals surface area contributed by atoms with Crippen LogP contribution in [-0.4, -0.2) is 25.9 Å². The first kappa shape index (κ1) is 21.5. The molecule has 2 aromatic heterocycles. The molecule has 0 saturated carbocycles. The predicted molar refractivity (Wildman–Crippen MR) is 86.2 cm³/mol. The van der Waals surface area contributed by atoms with Crippen LogP contribution in [0.25, 0.3) is 11.0 Å². The third kappa shape index (κ3) is 3.45. The molecule has 0 unspecified atom stereocenters. The number of hydrogen-bond acceptors (Lipinski definition) is 3. The van der Waals surface area contributed by atoms with Gasteiger partial charge in [-0.3, -0.25) is 14.8 Å². The molecule has 1 aromatic carbocycles. The Kier molecular flexibility index (Phi) is 4.78. The lowest BCUT2D eigenvalue weighted by molar-refractivity contribution is -0.290. The number of aromatic nitrogens is 4. The summed E-state index contributed by atoms with van der Waals surface area (Å²) >= 11 is 0. The Morgan fingerprint density at radius 3 is 2.00 bits per heavy atom. The van der Waals surface area contributed by atoms with E-state index in [9.17, 15) is 44.7 Å². The number of aromatic amines is 2. The fourth-order valence-corrected chi connectivity index (χ4v) is 2.80. The van der Waals surface area contributed by atoms with E-state index in [1.54, 1.807) is 4.98 Å². The van der Waals surface area contributed by atoms with Crippen LogP contribution in [0.4, 0.5) is 35.1 Å². The molecule has 0 amide bonds. The minimum Gasteiger partial charge on any atom is -0.291 e. The minimum absolute atomic E-state index is 0.0374. The number of fused-ring (bicyclic) bond motifs is 1. The number of rotatable bonds is 3. The van der Waals surface area contributed by atoms with Crippen molar-refractivity contribution in [3.63, 3.8) is 0 Å². The lowest BCUT2D eigenvalue weighted by Crippen LogP contribution is -2.35. The van der Waals surface area contributed by atoms with Crippen molar-refractivity contribution < 1.29 is 35.1 Å². The van der Waals surface area contributed by atoms with Crippen LogP contribution < -0.4 is 11.2 Å². The van der Waals surface area contributed by atoms with Gasteiger partial charge in [0.1, 0.15) is 11.0 Å². The zero-order valence-corrected chi connectivity index (χ0v) is 14.6. The molecule has 0 aliphatic carbocycles. The fraction of sp³-hybridized carbons (Fsp3) is 0.312. The maximum Gasteiger partial charge on any atom is 0.459 e. The summed E-state index contributed by atoms with van der Waals surface area (Å²) in [6.07, 6.45) is -10.8. The van der Waals surface area contributed by atoms with Crippen LogP contribution in [0.5, 0.6) is 0 Å². The molecule has 2 heterocycles. The van der Waals surface area contributed by atoms with E-state index in [1.165, 1.54) is 6.92 Å². The van der Waals surface area contributed by atoms with Gasteiger partial charge in [0, 0.05) is 0 Å². The smallest absolute Gasteiger partial charge is 0.291 e. The molecular formula is C16H10F8N4O2. The molecule has 0 aliphatic rings. The van der Waals surface area contributed by atoms with Crippen molar-refractivity contribution in [1.82, 2.24) is 19.7 Å². The summed E-state index contributed by atoms with van der Waals surface area (Å²) in [5.74, 6) is -5.54. The van der Waals surface area contributed by atoms with Crippen molar-refractivity contribution in [1.29, 1.82) is 0 Å². The van der Waals surface area contributed by atoms with Gasteiger partial charge in [-0.05, 0) is 24.6 Å². The standard InChI is InChI=1S/C16H10F8N4O2/c1-6(7-2-4-8(5-3-7)15(19,20)21)28-11-9(12(29)26-13(30)25-11)10(27-28)14(17,18)16(22,23)24/h2-6H,1H3,(H2,25,26,29,30)/t6-/m0/s1. The van der Waals surface area contributed by atoms with Gasteiger partial charge in [0.2, 0.25) is 0 Å². The summed E-state index contributed by atoms with van der Waals surface area (Å²) in [7, 11) is 0. The highest BCUT2D eigenvalue weighted by molar-refractivity contribution is 5.78. The van der Waals surface area contributed by atoms with Crippen molar-refractivity contribution in [3.8, 4) is 0 Å². The van der Waals surface area contributed by atoms with Gasteiger partial charge in [-0.2, -0.15) is 40.2 Å². The minimum atomic E-state index is -6.10. The highest BCUT2D eigenvalue weighted by Crippen LogP contribution is 2.45. The normalized spacial score (nSPS) is 14.3. The molecule has 30 heavy (non-hydrogen) atoms. The maximum absolute atomic E-state index is 14.0. The highest BCUT2D eigenvalue weighted by Gasteiger charge is 2.61. The molecule has 0 radical (unpaired) electrons. The SMILES string of the molecule is C[C@@H](c1ccc(C(F)(F)F)cc1)n1nc(C(F)(F)C(F)(F)F)c2c(=O)[nH]c(=O)[nH]c21. The lowest BCUT2D eigenvalue weighted by Gasteiger charge is -2.18. The Balaban J connectivity index is 2.24. The average Bonchev–Trinajstić information content (AvgIpc) is 2.99. The first-order valence-corrected chi connectivity index (χ1v) is 8.01. The first-order valence-electron chi connectivity index (χ1n) is 8.01. The summed E-state index contributed by atoms with van der Waals surface area (Å²) in [5, 5.41) is 2.01. The zero-order chi connectivity index (χ0) is 22.6. The number of nitrogens with one attached hydrogen (secondary N) is 2. The Morgan fingerprint density at radius 2 is 1.50 bits per heavy atom. The molecule has 6 nitrogen and oxygen atoms in total. The summed E-state index contributed by atoms with van der Waals surface area (Å²) < 4.78 is 105. The molecule has 1 atom stereocenters. The van der Waals surface area contributed by atoms with Gasteiger partial charge in [0.15, 0.2) is 5.69 Å². The number of hydrogen-bond donors (Lipinski definition) is 2. The fourth-order valence-electron chi connectivity index (χ4n) is 2.80. The number of alkyl halides is 8. The molecule has 0 spiro atoms. The van der Waals surface area contributed by atoms with Crippen LogP contribution in [0.3, 0.4) is 0 Å². The van der Waals surface area contributed by atoms with Crippen LogP contribution in [0.1, 0.15) is 29.8 Å². The molecule has 3 rings (SSSR count). The van der Waals surface area contributed by atoms with Crippen LogP contribution in [0.2, 0.25) is 0 Å². The number of halogens is 8. The van der Waals surface area contributed by atoms with Crippen molar-refractivity contribution in [2.75, 3.05) is 0 Å². The van der Waals surface area contributed by atoms with Crippen molar-refractivity contribution >= 4 is 11.0 Å². The second-order valence-electron chi connectivity index (χ2n) is 6.29. The number of nitrogens with zero attached hydrogens (tertiary/aromatic N) is 2. The van der Waals surface area contributed by atoms with Crippen LogP contribution in [0.15, 0.2) is 33.9 Å². The van der Waals surface area contributed by atoms with Gasteiger partial charge in [-0.25, -0.2) is 9.48 Å². The van der Waals surface area contributed by atoms with E-state index >= 15 is 0 Å². The van der Waals surface area contributed by atoms with Gasteiger partial charge < -0.3 is 0 Å². The topological polar surface area (TPSA) is 83.5 Å². The Bertz CT molecular complexity index is 1200. The van der Waals surface area contributed by atoms with E-state index in [0.717, 1.165) is 12.1 Å². The van der Waals surface area contributed by atoms with E-state index in [4.69, 9.17) is 0 Å². The average molecular weight is 442 g/mol. The van der Waals surface area contributed by atoms with E-state index in [2.05, 4.69) is 5.10 Å². The number of H-pyrrole nitrogens is 2. The third-order valence-corrected chi connectivity index (χ3v) is 4.34. The van der Waals surface area contributed by atoms with Gasteiger partial charge in [0.05, 0.1) is 11.6 Å². The predicted octanol–water partition coefficient (Wildman–Crippen LogP) is 3.70. The maximum atomic E-state index is 14.0. The van der Waals surface area contributed by atoms with Crippen molar-refractivity contribution in [2.24, 2.45) is 0 Å². The molecule has 0 bridgehead atoms. The van der Waals surface area contributed by atoms with Crippen LogP contribution >= 0.6 is 0 Å². The van der Waals surface area contributed by atoms with Gasteiger partial charge >= 0.3 is 24.0 Å².